The van der Waals surface area contributed by atoms with E-state index in [-0.39, 0.29) is 5.91 Å². The molecule has 0 bridgehead atoms. The van der Waals surface area contributed by atoms with Crippen molar-refractivity contribution < 1.29 is 55.7 Å². The zero-order valence-electron chi connectivity index (χ0n) is 21.1. The molecule has 1 atom stereocenters. The van der Waals surface area contributed by atoms with Crippen LogP contribution in [0.15, 0.2) is 48.5 Å². The molecule has 2 fully saturated rings. The van der Waals surface area contributed by atoms with Crippen LogP contribution in [0.5, 0.6) is 0 Å². The summed E-state index contributed by atoms with van der Waals surface area (Å²) in [4.78, 5) is 32.7. The molecule has 2 aliphatic rings. The number of carboxylic acid groups (broad SMARTS) is 2. The molecule has 220 valence electrons. The highest BCUT2D eigenvalue weighted by molar-refractivity contribution is 6.04. The molecule has 0 aromatic heterocycles. The van der Waals surface area contributed by atoms with E-state index in [0.717, 1.165) is 49.7 Å². The van der Waals surface area contributed by atoms with Gasteiger partial charge in [-0.1, -0.05) is 18.2 Å². The third-order valence-corrected chi connectivity index (χ3v) is 5.75. The second kappa shape index (κ2) is 14.0. The van der Waals surface area contributed by atoms with Gasteiger partial charge in [-0.05, 0) is 49.2 Å². The Morgan fingerprint density at radius 2 is 1.43 bits per heavy atom. The van der Waals surface area contributed by atoms with Crippen LogP contribution in [0.2, 0.25) is 0 Å². The highest BCUT2D eigenvalue weighted by Crippen LogP contribution is 2.22. The van der Waals surface area contributed by atoms with Gasteiger partial charge < -0.3 is 25.6 Å². The van der Waals surface area contributed by atoms with Gasteiger partial charge in [0.15, 0.2) is 0 Å². The molecule has 40 heavy (non-hydrogen) atoms. The number of para-hydroxylation sites is 1. The van der Waals surface area contributed by atoms with Crippen molar-refractivity contribution in [1.82, 2.24) is 4.90 Å². The molecule has 0 aliphatic carbocycles. The fourth-order valence-corrected chi connectivity index (χ4v) is 3.53. The van der Waals surface area contributed by atoms with Crippen molar-refractivity contribution in [1.29, 1.82) is 0 Å². The molecule has 2 saturated heterocycles. The second-order valence-electron chi connectivity index (χ2n) is 8.77. The van der Waals surface area contributed by atoms with Crippen molar-refractivity contribution in [2.45, 2.75) is 37.8 Å². The number of rotatable bonds is 5. The molecular weight excluding hydrogens is 552 g/mol. The average Bonchev–Trinajstić information content (AvgIpc) is 3.27. The maximum Gasteiger partial charge on any atom is 0.490 e. The van der Waals surface area contributed by atoms with Crippen LogP contribution in [0.4, 0.5) is 37.7 Å². The Morgan fingerprint density at radius 3 is 1.88 bits per heavy atom. The van der Waals surface area contributed by atoms with Gasteiger partial charge in [0.25, 0.3) is 5.91 Å². The molecule has 9 nitrogen and oxygen atoms in total. The minimum atomic E-state index is -5.08. The Bertz CT molecular complexity index is 1130. The predicted octanol–water partition coefficient (Wildman–Crippen LogP) is 4.40. The van der Waals surface area contributed by atoms with Gasteiger partial charge in [-0.3, -0.25) is 9.69 Å². The maximum atomic E-state index is 12.4. The highest BCUT2D eigenvalue weighted by Gasteiger charge is 2.39. The third-order valence-electron chi connectivity index (χ3n) is 5.75. The molecule has 0 radical (unpaired) electrons. The lowest BCUT2D eigenvalue weighted by molar-refractivity contribution is -0.193. The van der Waals surface area contributed by atoms with Crippen LogP contribution in [0, 0.1) is 6.92 Å². The molecule has 0 saturated carbocycles. The monoisotopic (exact) mass is 579 g/mol. The van der Waals surface area contributed by atoms with Crippen LogP contribution in [-0.2, 0) is 14.3 Å². The number of nitrogens with one attached hydrogen (secondary N) is 2. The van der Waals surface area contributed by atoms with Crippen LogP contribution >= 0.6 is 0 Å². The number of likely N-dealkylation sites (tertiary alicyclic amines) is 1. The van der Waals surface area contributed by atoms with E-state index in [1.807, 2.05) is 55.5 Å². The van der Waals surface area contributed by atoms with Gasteiger partial charge in [0.05, 0.1) is 19.3 Å². The van der Waals surface area contributed by atoms with Crippen molar-refractivity contribution >= 4 is 29.2 Å². The van der Waals surface area contributed by atoms with Gasteiger partial charge in [0.1, 0.15) is 0 Å². The number of carboxylic acids is 2. The molecule has 4 rings (SSSR count). The number of aryl methyl sites for hydroxylation is 1. The van der Waals surface area contributed by atoms with Crippen LogP contribution in [0.25, 0.3) is 0 Å². The molecular formula is C25H27F6N3O6. The summed E-state index contributed by atoms with van der Waals surface area (Å²) in [6, 6.07) is 16.6. The normalized spacial score (nSPS) is 17.3. The SMILES string of the molecule is Cc1ccccc1NC(=O)c1ccc(N[C@@H]2CCN(C3COC3)C2)cc1.O=C(O)C(F)(F)F.O=C(O)C(F)(F)F. The van der Waals surface area contributed by atoms with Crippen LogP contribution < -0.4 is 10.6 Å². The molecule has 4 N–H and O–H groups in total. The number of carbonyl (C=O) groups is 3. The van der Waals surface area contributed by atoms with E-state index >= 15 is 0 Å². The Labute approximate surface area is 224 Å². The molecule has 2 heterocycles. The average molecular weight is 579 g/mol. The first kappa shape index (κ1) is 32.4. The number of alkyl halides is 6. The summed E-state index contributed by atoms with van der Waals surface area (Å²) >= 11 is 0. The fraction of sp³-hybridized carbons (Fsp3) is 0.400. The number of benzene rings is 2. The van der Waals surface area contributed by atoms with Gasteiger partial charge in [-0.25, -0.2) is 9.59 Å². The van der Waals surface area contributed by atoms with E-state index in [2.05, 4.69) is 15.5 Å². The van der Waals surface area contributed by atoms with Crippen molar-refractivity contribution in [2.75, 3.05) is 36.9 Å². The zero-order valence-corrected chi connectivity index (χ0v) is 21.1. The van der Waals surface area contributed by atoms with Crippen LogP contribution in [-0.4, -0.2) is 83.7 Å². The lowest BCUT2D eigenvalue weighted by Gasteiger charge is -2.34. The summed E-state index contributed by atoms with van der Waals surface area (Å²) in [6.07, 6.45) is -9.02. The summed E-state index contributed by atoms with van der Waals surface area (Å²) in [5.74, 6) is -5.59. The van der Waals surface area contributed by atoms with Gasteiger partial charge >= 0.3 is 24.3 Å². The maximum absolute atomic E-state index is 12.4. The number of hydrogen-bond donors (Lipinski definition) is 4. The predicted molar refractivity (Wildman–Crippen MR) is 131 cm³/mol. The number of carbonyl (C=O) groups excluding carboxylic acids is 1. The lowest BCUT2D eigenvalue weighted by Crippen LogP contribution is -2.48. The highest BCUT2D eigenvalue weighted by atomic mass is 19.4. The summed E-state index contributed by atoms with van der Waals surface area (Å²) in [6.45, 7) is 5.92. The number of halogens is 6. The van der Waals surface area contributed by atoms with Crippen molar-refractivity contribution in [2.24, 2.45) is 0 Å². The Balaban J connectivity index is 0.000000333. The summed E-state index contributed by atoms with van der Waals surface area (Å²) in [7, 11) is 0. The minimum absolute atomic E-state index is 0.0807. The van der Waals surface area contributed by atoms with Crippen LogP contribution in [0.1, 0.15) is 22.3 Å². The van der Waals surface area contributed by atoms with Crippen molar-refractivity contribution in [3.8, 4) is 0 Å². The first-order chi connectivity index (χ1) is 18.6. The van der Waals surface area contributed by atoms with Crippen LogP contribution in [0.3, 0.4) is 0 Å². The summed E-state index contributed by atoms with van der Waals surface area (Å²) < 4.78 is 68.8. The van der Waals surface area contributed by atoms with E-state index in [1.54, 1.807) is 0 Å². The zero-order chi connectivity index (χ0) is 30.1. The molecule has 0 unspecified atom stereocenters. The summed E-state index contributed by atoms with van der Waals surface area (Å²) in [5, 5.41) is 20.8. The second-order valence-corrected chi connectivity index (χ2v) is 8.77. The Morgan fingerprint density at radius 1 is 0.900 bits per heavy atom. The largest absolute Gasteiger partial charge is 0.490 e. The Kier molecular flexibility index (Phi) is 11.3. The molecule has 2 aromatic rings. The van der Waals surface area contributed by atoms with Gasteiger partial charge in [0.2, 0.25) is 0 Å². The molecule has 0 spiro atoms. The fourth-order valence-electron chi connectivity index (χ4n) is 3.53. The van der Waals surface area contributed by atoms with Crippen molar-refractivity contribution in [3.63, 3.8) is 0 Å². The first-order valence-corrected chi connectivity index (χ1v) is 11.7. The minimum Gasteiger partial charge on any atom is -0.475 e. The van der Waals surface area contributed by atoms with E-state index < -0.39 is 24.3 Å². The molecule has 2 aliphatic heterocycles. The Hall–Kier alpha value is -3.85. The summed E-state index contributed by atoms with van der Waals surface area (Å²) in [5.41, 5.74) is 3.64. The van der Waals surface area contributed by atoms with Gasteiger partial charge in [-0.2, -0.15) is 26.3 Å². The number of aliphatic carboxylic acids is 2. The van der Waals surface area contributed by atoms with E-state index in [0.29, 0.717) is 17.6 Å². The number of hydrogen-bond acceptors (Lipinski definition) is 6. The van der Waals surface area contributed by atoms with Gasteiger partial charge in [0, 0.05) is 36.1 Å². The molecule has 1 amide bonds. The molecule has 2 aromatic carbocycles. The number of amides is 1. The third kappa shape index (κ3) is 10.4. The number of ether oxygens (including phenoxy) is 1. The number of nitrogens with zero attached hydrogens (tertiary/aromatic N) is 1. The van der Waals surface area contributed by atoms with E-state index in [4.69, 9.17) is 24.5 Å². The molecule has 15 heteroatoms. The van der Waals surface area contributed by atoms with E-state index in [9.17, 15) is 31.1 Å². The van der Waals surface area contributed by atoms with E-state index in [1.165, 1.54) is 0 Å². The van der Waals surface area contributed by atoms with Crippen molar-refractivity contribution in [3.05, 3.63) is 59.7 Å². The first-order valence-electron chi connectivity index (χ1n) is 11.7. The quantitative estimate of drug-likeness (QED) is 0.384. The smallest absolute Gasteiger partial charge is 0.475 e. The standard InChI is InChI=1S/C21H25N3O2.2C2HF3O2/c1-15-4-2-3-5-20(15)23-21(25)16-6-8-17(9-7-16)22-18-10-11-24(12-18)19-13-26-14-19;2*3-2(4,5)1(6)7/h2-9,18-19,22H,10-14H2,1H3,(H,23,25);2*(H,6,7)/t18-;;/m1../s1. The topological polar surface area (TPSA) is 128 Å². The number of anilines is 2. The van der Waals surface area contributed by atoms with Gasteiger partial charge in [-0.15, -0.1) is 0 Å². The lowest BCUT2D eigenvalue weighted by atomic mass is 10.1.